The fourth-order valence-electron chi connectivity index (χ4n) is 2.08. The van der Waals surface area contributed by atoms with Gasteiger partial charge in [0, 0.05) is 0 Å². The summed E-state index contributed by atoms with van der Waals surface area (Å²) in [4.78, 5) is 0. The lowest BCUT2D eigenvalue weighted by Gasteiger charge is -2.16. The van der Waals surface area contributed by atoms with Gasteiger partial charge in [-0.3, -0.25) is 0 Å². The van der Waals surface area contributed by atoms with Crippen LogP contribution in [-0.2, 0) is 9.20 Å². The van der Waals surface area contributed by atoms with Gasteiger partial charge >= 0.3 is 0 Å². The Bertz CT molecular complexity index is 181. The largest absolute Gasteiger partial charge is 0.389 e. The minimum atomic E-state index is -1.24. The standard InChI is InChI=1S/C8H14O2Si/c1-11(9)5-6-2-3-7-8(4-6)10-7/h6-8H,2-5H2,1H3. The van der Waals surface area contributed by atoms with Gasteiger partial charge in [-0.25, -0.2) is 0 Å². The molecule has 0 N–H and O–H groups in total. The van der Waals surface area contributed by atoms with Crippen LogP contribution in [0.4, 0.5) is 0 Å². The molecule has 3 heteroatoms. The van der Waals surface area contributed by atoms with E-state index in [0.717, 1.165) is 6.04 Å². The van der Waals surface area contributed by atoms with Crippen molar-refractivity contribution in [2.45, 2.75) is 44.1 Å². The molecule has 0 amide bonds. The molecule has 1 heterocycles. The van der Waals surface area contributed by atoms with Gasteiger partial charge in [-0.05, 0) is 37.8 Å². The van der Waals surface area contributed by atoms with Crippen LogP contribution in [0.5, 0.6) is 0 Å². The molecule has 62 valence electrons. The fraction of sp³-hybridized carbons (Fsp3) is 1.00. The molecule has 0 aromatic rings. The van der Waals surface area contributed by atoms with Crippen LogP contribution in [0.3, 0.4) is 0 Å². The van der Waals surface area contributed by atoms with Gasteiger partial charge in [-0.15, -0.1) is 0 Å². The zero-order valence-electron chi connectivity index (χ0n) is 6.88. The quantitative estimate of drug-likeness (QED) is 0.465. The number of epoxide rings is 1. The molecular formula is C8H14O2Si. The van der Waals surface area contributed by atoms with E-state index in [4.69, 9.17) is 4.74 Å². The highest BCUT2D eigenvalue weighted by Crippen LogP contribution is 2.40. The van der Waals surface area contributed by atoms with Gasteiger partial charge < -0.3 is 9.20 Å². The summed E-state index contributed by atoms with van der Waals surface area (Å²) in [5, 5.41) is 0. The minimum absolute atomic E-state index is 0.551. The first-order valence-corrected chi connectivity index (χ1v) is 6.52. The number of ether oxygens (including phenoxy) is 1. The van der Waals surface area contributed by atoms with E-state index in [9.17, 15) is 4.46 Å². The Labute approximate surface area is 68.6 Å². The van der Waals surface area contributed by atoms with Crippen LogP contribution in [0.15, 0.2) is 0 Å². The van der Waals surface area contributed by atoms with E-state index in [2.05, 4.69) is 0 Å². The van der Waals surface area contributed by atoms with Crippen molar-refractivity contribution >= 4 is 8.68 Å². The summed E-state index contributed by atoms with van der Waals surface area (Å²) in [6.45, 7) is 1.87. The second-order valence-electron chi connectivity index (χ2n) is 3.80. The Morgan fingerprint density at radius 2 is 2.27 bits per heavy atom. The van der Waals surface area contributed by atoms with E-state index >= 15 is 0 Å². The molecule has 0 bridgehead atoms. The molecule has 1 saturated heterocycles. The zero-order valence-corrected chi connectivity index (χ0v) is 7.88. The molecule has 2 nitrogen and oxygen atoms in total. The molecular weight excluding hydrogens is 156 g/mol. The van der Waals surface area contributed by atoms with Crippen LogP contribution in [0, 0.1) is 5.92 Å². The summed E-state index contributed by atoms with van der Waals surface area (Å²) < 4.78 is 16.4. The van der Waals surface area contributed by atoms with E-state index in [1.807, 2.05) is 6.55 Å². The van der Waals surface area contributed by atoms with Crippen molar-refractivity contribution in [3.8, 4) is 0 Å². The van der Waals surface area contributed by atoms with Crippen molar-refractivity contribution in [3.05, 3.63) is 0 Å². The number of hydrogen-bond donors (Lipinski definition) is 0. The predicted molar refractivity (Wildman–Crippen MR) is 43.1 cm³/mol. The average molecular weight is 170 g/mol. The molecule has 1 aliphatic carbocycles. The lowest BCUT2D eigenvalue weighted by molar-refractivity contribution is 0.366. The third-order valence-electron chi connectivity index (χ3n) is 2.69. The smallest absolute Gasteiger partial charge is 0.273 e. The number of hydrogen-bond acceptors (Lipinski definition) is 2. The molecule has 2 rings (SSSR count). The number of fused-ring (bicyclic) bond motifs is 1. The molecule has 11 heavy (non-hydrogen) atoms. The summed E-state index contributed by atoms with van der Waals surface area (Å²) in [5.41, 5.74) is 0. The molecule has 3 unspecified atom stereocenters. The molecule has 3 atom stereocenters. The third-order valence-corrected chi connectivity index (χ3v) is 3.84. The van der Waals surface area contributed by atoms with Crippen LogP contribution >= 0.6 is 0 Å². The van der Waals surface area contributed by atoms with E-state index in [1.54, 1.807) is 0 Å². The molecule has 0 aromatic carbocycles. The van der Waals surface area contributed by atoms with Crippen molar-refractivity contribution in [1.82, 2.24) is 0 Å². The Balaban J connectivity index is 1.81. The SMILES string of the molecule is C[Si](=O)CC1CCC2OC2C1. The number of rotatable bonds is 2. The lowest BCUT2D eigenvalue weighted by Crippen LogP contribution is -2.15. The van der Waals surface area contributed by atoms with Gasteiger partial charge in [0.05, 0.1) is 12.2 Å². The predicted octanol–water partition coefficient (Wildman–Crippen LogP) is 1.61. The monoisotopic (exact) mass is 170 g/mol. The summed E-state index contributed by atoms with van der Waals surface area (Å²) in [7, 11) is -1.24. The van der Waals surface area contributed by atoms with Gasteiger partial charge in [0.1, 0.15) is 0 Å². The highest BCUT2D eigenvalue weighted by Gasteiger charge is 2.43. The first-order chi connectivity index (χ1) is 5.25. The summed E-state index contributed by atoms with van der Waals surface area (Å²) in [6.07, 6.45) is 4.77. The molecule has 0 radical (unpaired) electrons. The average Bonchev–Trinajstić information content (AvgIpc) is 2.63. The second-order valence-corrected chi connectivity index (χ2v) is 5.61. The Hall–Kier alpha value is -0.0231. The van der Waals surface area contributed by atoms with E-state index < -0.39 is 8.68 Å². The summed E-state index contributed by atoms with van der Waals surface area (Å²) in [5.74, 6) is 0.704. The third kappa shape index (κ3) is 1.76. The van der Waals surface area contributed by atoms with E-state index in [0.29, 0.717) is 18.1 Å². The van der Waals surface area contributed by atoms with E-state index in [-0.39, 0.29) is 0 Å². The van der Waals surface area contributed by atoms with Crippen molar-refractivity contribution in [2.75, 3.05) is 0 Å². The summed E-state index contributed by atoms with van der Waals surface area (Å²) in [6, 6.07) is 0.956. The highest BCUT2D eigenvalue weighted by molar-refractivity contribution is 6.40. The Morgan fingerprint density at radius 1 is 1.45 bits per heavy atom. The Kier molecular flexibility index (Phi) is 1.93. The maximum atomic E-state index is 11.0. The topological polar surface area (TPSA) is 29.6 Å². The Morgan fingerprint density at radius 3 is 2.91 bits per heavy atom. The minimum Gasteiger partial charge on any atom is -0.389 e. The molecule has 1 saturated carbocycles. The van der Waals surface area contributed by atoms with Gasteiger partial charge in [0.2, 0.25) is 0 Å². The van der Waals surface area contributed by atoms with Crippen molar-refractivity contribution in [3.63, 3.8) is 0 Å². The van der Waals surface area contributed by atoms with Crippen molar-refractivity contribution in [2.24, 2.45) is 5.92 Å². The second kappa shape index (κ2) is 2.79. The summed E-state index contributed by atoms with van der Waals surface area (Å²) >= 11 is 0. The highest BCUT2D eigenvalue weighted by atomic mass is 28.3. The van der Waals surface area contributed by atoms with Crippen molar-refractivity contribution in [1.29, 1.82) is 0 Å². The fourth-order valence-corrected chi connectivity index (χ4v) is 3.26. The van der Waals surface area contributed by atoms with Crippen LogP contribution in [0.2, 0.25) is 12.6 Å². The zero-order chi connectivity index (χ0) is 7.84. The maximum Gasteiger partial charge on any atom is 0.273 e. The van der Waals surface area contributed by atoms with Crippen molar-refractivity contribution < 1.29 is 9.20 Å². The lowest BCUT2D eigenvalue weighted by atomic mass is 9.91. The van der Waals surface area contributed by atoms with Crippen LogP contribution < -0.4 is 0 Å². The molecule has 0 spiro atoms. The first kappa shape index (κ1) is 7.62. The van der Waals surface area contributed by atoms with Crippen LogP contribution in [0.25, 0.3) is 0 Å². The molecule has 2 aliphatic rings. The molecule has 0 aromatic heterocycles. The van der Waals surface area contributed by atoms with Crippen LogP contribution in [-0.4, -0.2) is 20.9 Å². The van der Waals surface area contributed by atoms with Crippen LogP contribution in [0.1, 0.15) is 19.3 Å². The van der Waals surface area contributed by atoms with Gasteiger partial charge in [0.15, 0.2) is 0 Å². The van der Waals surface area contributed by atoms with Gasteiger partial charge in [-0.1, -0.05) is 0 Å². The molecule has 1 aliphatic heterocycles. The van der Waals surface area contributed by atoms with E-state index in [1.165, 1.54) is 19.3 Å². The maximum absolute atomic E-state index is 11.0. The normalized spacial score (nSPS) is 41.4. The van der Waals surface area contributed by atoms with Gasteiger partial charge in [-0.2, -0.15) is 0 Å². The molecule has 2 fully saturated rings. The first-order valence-electron chi connectivity index (χ1n) is 4.40. The van der Waals surface area contributed by atoms with Gasteiger partial charge in [0.25, 0.3) is 8.68 Å².